The van der Waals surface area contributed by atoms with Gasteiger partial charge in [0.15, 0.2) is 23.0 Å². The highest BCUT2D eigenvalue weighted by Crippen LogP contribution is 2.43. The Bertz CT molecular complexity index is 1620. The molecular formula is C27H22Br2ClN3O5. The van der Waals surface area contributed by atoms with E-state index >= 15 is 0 Å². The van der Waals surface area contributed by atoms with E-state index in [1.165, 1.54) is 11.8 Å². The molecule has 38 heavy (non-hydrogen) atoms. The van der Waals surface area contributed by atoms with E-state index < -0.39 is 0 Å². The average molecular weight is 664 g/mol. The first kappa shape index (κ1) is 26.5. The van der Waals surface area contributed by atoms with Crippen molar-refractivity contribution in [2.75, 3.05) is 13.9 Å². The summed E-state index contributed by atoms with van der Waals surface area (Å²) in [5, 5.41) is 5.28. The van der Waals surface area contributed by atoms with Gasteiger partial charge in [0.1, 0.15) is 17.5 Å². The standard InChI is InChI=1S/C27H22Br2ClN3O5/c1-3-4-23-32-19-7-6-17(28)11-18(19)27(34)33(23)31-12-16-10-22(35-2)26(25(30)24(16)29)36-13-15-5-8-20-21(9-15)38-14-37-20/h5-12H,3-4,13-14H2,1-2H3. The zero-order valence-electron chi connectivity index (χ0n) is 20.5. The molecule has 8 nitrogen and oxygen atoms in total. The quantitative estimate of drug-likeness (QED) is 0.195. The van der Waals surface area contributed by atoms with Crippen LogP contribution in [0.5, 0.6) is 23.0 Å². The van der Waals surface area contributed by atoms with Crippen molar-refractivity contribution < 1.29 is 18.9 Å². The minimum atomic E-state index is -0.256. The number of aryl methyl sites for hydroxylation is 1. The lowest BCUT2D eigenvalue weighted by Crippen LogP contribution is -2.22. The van der Waals surface area contributed by atoms with E-state index in [1.54, 1.807) is 18.3 Å². The van der Waals surface area contributed by atoms with Gasteiger partial charge in [0, 0.05) is 20.9 Å². The van der Waals surface area contributed by atoms with Crippen LogP contribution in [0.1, 0.15) is 30.3 Å². The molecule has 1 aromatic heterocycles. The molecule has 3 aromatic carbocycles. The fourth-order valence-electron chi connectivity index (χ4n) is 3.99. The monoisotopic (exact) mass is 661 g/mol. The van der Waals surface area contributed by atoms with Crippen LogP contribution in [0.15, 0.2) is 61.3 Å². The molecule has 0 atom stereocenters. The average Bonchev–Trinajstić information content (AvgIpc) is 3.38. The Labute approximate surface area is 240 Å². The Kier molecular flexibility index (Phi) is 7.92. The van der Waals surface area contributed by atoms with Crippen LogP contribution < -0.4 is 24.5 Å². The molecule has 0 unspecified atom stereocenters. The van der Waals surface area contributed by atoms with Crippen LogP contribution in [-0.4, -0.2) is 29.8 Å². The zero-order chi connectivity index (χ0) is 26.8. The molecule has 0 fully saturated rings. The van der Waals surface area contributed by atoms with Gasteiger partial charge in [-0.15, -0.1) is 0 Å². The molecule has 0 radical (unpaired) electrons. The molecular weight excluding hydrogens is 642 g/mol. The third-order valence-electron chi connectivity index (χ3n) is 5.86. The number of ether oxygens (including phenoxy) is 4. The highest BCUT2D eigenvalue weighted by Gasteiger charge is 2.19. The van der Waals surface area contributed by atoms with E-state index in [0.717, 1.165) is 16.5 Å². The molecule has 0 spiro atoms. The third kappa shape index (κ3) is 5.25. The molecule has 0 aliphatic carbocycles. The Balaban J connectivity index is 1.47. The van der Waals surface area contributed by atoms with E-state index in [9.17, 15) is 4.79 Å². The second-order valence-corrected chi connectivity index (χ2v) is 10.5. The molecule has 0 amide bonds. The fourth-order valence-corrected chi connectivity index (χ4v) is 5.00. The van der Waals surface area contributed by atoms with Gasteiger partial charge >= 0.3 is 0 Å². The van der Waals surface area contributed by atoms with Crippen LogP contribution in [0.2, 0.25) is 5.02 Å². The van der Waals surface area contributed by atoms with Gasteiger partial charge in [0.25, 0.3) is 5.56 Å². The number of benzene rings is 3. The van der Waals surface area contributed by atoms with Gasteiger partial charge in [-0.2, -0.15) is 9.78 Å². The van der Waals surface area contributed by atoms with E-state index in [0.29, 0.717) is 61.2 Å². The van der Waals surface area contributed by atoms with Gasteiger partial charge in [-0.05, 0) is 64.3 Å². The van der Waals surface area contributed by atoms with Crippen molar-refractivity contribution in [3.05, 3.63) is 83.7 Å². The van der Waals surface area contributed by atoms with E-state index in [4.69, 9.17) is 30.5 Å². The van der Waals surface area contributed by atoms with E-state index in [2.05, 4.69) is 41.9 Å². The summed E-state index contributed by atoms with van der Waals surface area (Å²) in [5.74, 6) is 2.73. The Morgan fingerprint density at radius 2 is 1.97 bits per heavy atom. The van der Waals surface area contributed by atoms with E-state index in [-0.39, 0.29) is 19.0 Å². The number of hydrogen-bond donors (Lipinski definition) is 0. The smallest absolute Gasteiger partial charge is 0.282 e. The van der Waals surface area contributed by atoms with Gasteiger partial charge in [-0.25, -0.2) is 4.98 Å². The first-order valence-electron chi connectivity index (χ1n) is 11.7. The summed E-state index contributed by atoms with van der Waals surface area (Å²) in [7, 11) is 1.53. The van der Waals surface area contributed by atoms with Gasteiger partial charge in [0.05, 0.1) is 24.2 Å². The van der Waals surface area contributed by atoms with Crippen molar-refractivity contribution in [2.24, 2.45) is 5.10 Å². The zero-order valence-corrected chi connectivity index (χ0v) is 24.4. The van der Waals surface area contributed by atoms with Crippen LogP contribution in [-0.2, 0) is 13.0 Å². The number of rotatable bonds is 8. The van der Waals surface area contributed by atoms with Gasteiger partial charge in [-0.1, -0.05) is 40.5 Å². The maximum Gasteiger partial charge on any atom is 0.282 e. The largest absolute Gasteiger partial charge is 0.493 e. The van der Waals surface area contributed by atoms with Gasteiger partial charge < -0.3 is 18.9 Å². The second kappa shape index (κ2) is 11.3. The van der Waals surface area contributed by atoms with Gasteiger partial charge in [0.2, 0.25) is 6.79 Å². The number of hydrogen-bond acceptors (Lipinski definition) is 7. The molecule has 4 aromatic rings. The highest BCUT2D eigenvalue weighted by molar-refractivity contribution is 9.10. The van der Waals surface area contributed by atoms with Crippen molar-refractivity contribution >= 4 is 60.6 Å². The molecule has 0 bridgehead atoms. The lowest BCUT2D eigenvalue weighted by molar-refractivity contribution is 0.174. The van der Waals surface area contributed by atoms with Crippen LogP contribution in [0.4, 0.5) is 0 Å². The first-order valence-corrected chi connectivity index (χ1v) is 13.7. The molecule has 5 rings (SSSR count). The minimum Gasteiger partial charge on any atom is -0.493 e. The number of halogens is 3. The van der Waals surface area contributed by atoms with Crippen molar-refractivity contribution in [3.8, 4) is 23.0 Å². The second-order valence-electron chi connectivity index (χ2n) is 8.40. The number of nitrogens with zero attached hydrogens (tertiary/aromatic N) is 3. The minimum absolute atomic E-state index is 0.203. The highest BCUT2D eigenvalue weighted by atomic mass is 79.9. The summed E-state index contributed by atoms with van der Waals surface area (Å²) in [6.07, 6.45) is 2.95. The molecule has 2 heterocycles. The van der Waals surface area contributed by atoms with Crippen LogP contribution >= 0.6 is 43.5 Å². The Hall–Kier alpha value is -3.08. The summed E-state index contributed by atoms with van der Waals surface area (Å²) < 4.78 is 25.1. The maximum atomic E-state index is 13.3. The molecule has 11 heteroatoms. The molecule has 0 saturated heterocycles. The summed E-state index contributed by atoms with van der Waals surface area (Å²) in [6.45, 7) is 2.46. The number of fused-ring (bicyclic) bond motifs is 2. The van der Waals surface area contributed by atoms with Gasteiger partial charge in [-0.3, -0.25) is 4.79 Å². The van der Waals surface area contributed by atoms with E-state index in [1.807, 2.05) is 37.3 Å². The molecule has 1 aliphatic heterocycles. The molecule has 0 saturated carbocycles. The summed E-state index contributed by atoms with van der Waals surface area (Å²) >= 11 is 13.7. The lowest BCUT2D eigenvalue weighted by atomic mass is 10.2. The predicted molar refractivity (Wildman–Crippen MR) is 153 cm³/mol. The van der Waals surface area contributed by atoms with Crippen molar-refractivity contribution in [1.29, 1.82) is 0 Å². The number of aromatic nitrogens is 2. The van der Waals surface area contributed by atoms with Crippen LogP contribution in [0.25, 0.3) is 10.9 Å². The first-order chi connectivity index (χ1) is 18.4. The SMILES string of the molecule is CCCc1nc2ccc(Br)cc2c(=O)n1N=Cc1cc(OC)c(OCc2ccc3c(c2)OCO3)c(Cl)c1Br. The Morgan fingerprint density at radius 3 is 2.76 bits per heavy atom. The van der Waals surface area contributed by atoms with Crippen molar-refractivity contribution in [3.63, 3.8) is 0 Å². The third-order valence-corrected chi connectivity index (χ3v) is 7.79. The lowest BCUT2D eigenvalue weighted by Gasteiger charge is -2.15. The van der Waals surface area contributed by atoms with Crippen molar-refractivity contribution in [2.45, 2.75) is 26.4 Å². The molecule has 1 aliphatic rings. The Morgan fingerprint density at radius 1 is 1.16 bits per heavy atom. The summed E-state index contributed by atoms with van der Waals surface area (Å²) in [4.78, 5) is 18.0. The fraction of sp³-hybridized carbons (Fsp3) is 0.222. The number of methoxy groups -OCH3 is 1. The maximum absolute atomic E-state index is 13.3. The van der Waals surface area contributed by atoms with Crippen LogP contribution in [0.3, 0.4) is 0 Å². The molecule has 0 N–H and O–H groups in total. The van der Waals surface area contributed by atoms with Crippen LogP contribution in [0, 0.1) is 0 Å². The summed E-state index contributed by atoms with van der Waals surface area (Å²) in [6, 6.07) is 12.8. The topological polar surface area (TPSA) is 84.2 Å². The normalized spacial score (nSPS) is 12.4. The predicted octanol–water partition coefficient (Wildman–Crippen LogP) is 6.73. The molecule has 196 valence electrons. The summed E-state index contributed by atoms with van der Waals surface area (Å²) in [5.41, 5.74) is 1.86. The van der Waals surface area contributed by atoms with Crippen molar-refractivity contribution in [1.82, 2.24) is 9.66 Å².